The number of carbonyl (C=O) groups excluding carboxylic acids is 1. The molecule has 1 aromatic carbocycles. The summed E-state index contributed by atoms with van der Waals surface area (Å²) < 4.78 is 44.0. The molecule has 0 N–H and O–H groups in total. The van der Waals surface area contributed by atoms with Crippen LogP contribution in [0.4, 0.5) is 13.2 Å². The predicted molar refractivity (Wildman–Crippen MR) is 63.2 cm³/mol. The van der Waals surface area contributed by atoms with Gasteiger partial charge in [-0.05, 0) is 37.3 Å². The van der Waals surface area contributed by atoms with Gasteiger partial charge >= 0.3 is 5.97 Å². The summed E-state index contributed by atoms with van der Waals surface area (Å²) in [6, 6.07) is 1.32. The molecule has 104 valence electrons. The van der Waals surface area contributed by atoms with Gasteiger partial charge in [0.25, 0.3) is 0 Å². The summed E-state index contributed by atoms with van der Waals surface area (Å²) in [5, 5.41) is 0. The van der Waals surface area contributed by atoms with E-state index in [2.05, 4.69) is 6.92 Å². The van der Waals surface area contributed by atoms with Crippen LogP contribution in [0.1, 0.15) is 43.0 Å². The highest BCUT2D eigenvalue weighted by Crippen LogP contribution is 2.26. The molecule has 0 spiro atoms. The summed E-state index contributed by atoms with van der Waals surface area (Å²) in [6.45, 7) is 2.07. The first-order valence-electron chi connectivity index (χ1n) is 6.33. The Morgan fingerprint density at radius 1 is 1.21 bits per heavy atom. The summed E-state index contributed by atoms with van der Waals surface area (Å²) >= 11 is 0. The van der Waals surface area contributed by atoms with Crippen LogP contribution in [0.15, 0.2) is 12.1 Å². The van der Waals surface area contributed by atoms with Gasteiger partial charge in [0.2, 0.25) is 0 Å². The summed E-state index contributed by atoms with van der Waals surface area (Å²) in [5.74, 6) is -4.69. The molecule has 1 aliphatic rings. The Balaban J connectivity index is 2.07. The first-order valence-corrected chi connectivity index (χ1v) is 6.33. The molecule has 1 aromatic rings. The van der Waals surface area contributed by atoms with Gasteiger partial charge < -0.3 is 4.74 Å². The topological polar surface area (TPSA) is 26.3 Å². The Hall–Kier alpha value is -1.52. The SMILES string of the molecule is CC1CCCC(OC(=O)c2cc(F)c(F)c(F)c2)C1. The largest absolute Gasteiger partial charge is 0.459 e. The van der Waals surface area contributed by atoms with E-state index in [1.165, 1.54) is 0 Å². The Morgan fingerprint density at radius 3 is 2.42 bits per heavy atom. The Kier molecular flexibility index (Phi) is 4.12. The van der Waals surface area contributed by atoms with E-state index in [1.54, 1.807) is 0 Å². The lowest BCUT2D eigenvalue weighted by atomic mass is 9.89. The number of carbonyl (C=O) groups is 1. The monoisotopic (exact) mass is 272 g/mol. The average molecular weight is 272 g/mol. The van der Waals surface area contributed by atoms with E-state index in [4.69, 9.17) is 4.74 Å². The lowest BCUT2D eigenvalue weighted by molar-refractivity contribution is 0.0154. The standard InChI is InChI=1S/C14H15F3O2/c1-8-3-2-4-10(5-8)19-14(18)9-6-11(15)13(17)12(16)7-9/h6-8,10H,2-5H2,1H3. The van der Waals surface area contributed by atoms with Crippen molar-refractivity contribution in [3.63, 3.8) is 0 Å². The van der Waals surface area contributed by atoms with Crippen LogP contribution in [0, 0.1) is 23.4 Å². The second-order valence-electron chi connectivity index (χ2n) is 5.05. The molecule has 2 nitrogen and oxygen atoms in total. The van der Waals surface area contributed by atoms with E-state index >= 15 is 0 Å². The van der Waals surface area contributed by atoms with E-state index in [0.717, 1.165) is 25.7 Å². The van der Waals surface area contributed by atoms with Crippen molar-refractivity contribution in [3.8, 4) is 0 Å². The maximum absolute atomic E-state index is 13.0. The van der Waals surface area contributed by atoms with Gasteiger partial charge in [-0.3, -0.25) is 0 Å². The van der Waals surface area contributed by atoms with Crippen molar-refractivity contribution >= 4 is 5.97 Å². The van der Waals surface area contributed by atoms with E-state index in [0.29, 0.717) is 18.1 Å². The molecule has 1 saturated carbocycles. The van der Waals surface area contributed by atoms with E-state index in [9.17, 15) is 18.0 Å². The Morgan fingerprint density at radius 2 is 1.84 bits per heavy atom. The van der Waals surface area contributed by atoms with Crippen molar-refractivity contribution in [1.82, 2.24) is 0 Å². The lowest BCUT2D eigenvalue weighted by Crippen LogP contribution is -2.24. The van der Waals surface area contributed by atoms with Crippen molar-refractivity contribution in [1.29, 1.82) is 0 Å². The lowest BCUT2D eigenvalue weighted by Gasteiger charge is -2.26. The third-order valence-electron chi connectivity index (χ3n) is 3.38. The van der Waals surface area contributed by atoms with Gasteiger partial charge in [0.1, 0.15) is 6.10 Å². The van der Waals surface area contributed by atoms with Crippen molar-refractivity contribution in [2.75, 3.05) is 0 Å². The van der Waals surface area contributed by atoms with Crippen LogP contribution >= 0.6 is 0 Å². The molecule has 1 fully saturated rings. The summed E-state index contributed by atoms with van der Waals surface area (Å²) in [4.78, 5) is 11.8. The van der Waals surface area contributed by atoms with Crippen molar-refractivity contribution in [2.45, 2.75) is 38.7 Å². The van der Waals surface area contributed by atoms with Crippen LogP contribution < -0.4 is 0 Å². The fourth-order valence-corrected chi connectivity index (χ4v) is 2.38. The first kappa shape index (κ1) is 13.9. The molecule has 0 radical (unpaired) electrons. The Labute approximate surface area is 109 Å². The highest BCUT2D eigenvalue weighted by Gasteiger charge is 2.24. The zero-order valence-corrected chi connectivity index (χ0v) is 10.6. The average Bonchev–Trinajstić information content (AvgIpc) is 2.35. The fraction of sp³-hybridized carbons (Fsp3) is 0.500. The van der Waals surface area contributed by atoms with Gasteiger partial charge in [0.05, 0.1) is 5.56 Å². The molecule has 2 atom stereocenters. The van der Waals surface area contributed by atoms with Crippen molar-refractivity contribution < 1.29 is 22.7 Å². The van der Waals surface area contributed by atoms with Crippen molar-refractivity contribution in [2.24, 2.45) is 5.92 Å². The normalized spacial score (nSPS) is 23.2. The molecule has 1 aliphatic carbocycles. The number of rotatable bonds is 2. The van der Waals surface area contributed by atoms with E-state index in [-0.39, 0.29) is 11.7 Å². The number of hydrogen-bond donors (Lipinski definition) is 0. The third kappa shape index (κ3) is 3.28. The van der Waals surface area contributed by atoms with E-state index in [1.807, 2.05) is 0 Å². The zero-order valence-electron chi connectivity index (χ0n) is 10.6. The smallest absolute Gasteiger partial charge is 0.338 e. The third-order valence-corrected chi connectivity index (χ3v) is 3.38. The number of halogens is 3. The molecule has 0 aromatic heterocycles. The molecule has 0 amide bonds. The molecule has 0 saturated heterocycles. The van der Waals surface area contributed by atoms with Gasteiger partial charge in [-0.1, -0.05) is 13.3 Å². The molecular weight excluding hydrogens is 257 g/mol. The van der Waals surface area contributed by atoms with Crippen LogP contribution in [-0.4, -0.2) is 12.1 Å². The number of ether oxygens (including phenoxy) is 1. The van der Waals surface area contributed by atoms with Gasteiger partial charge in [-0.15, -0.1) is 0 Å². The van der Waals surface area contributed by atoms with Crippen LogP contribution in [-0.2, 0) is 4.74 Å². The summed E-state index contributed by atoms with van der Waals surface area (Å²) in [5.41, 5.74) is -0.297. The fourth-order valence-electron chi connectivity index (χ4n) is 2.38. The van der Waals surface area contributed by atoms with E-state index < -0.39 is 23.4 Å². The quantitative estimate of drug-likeness (QED) is 0.604. The number of esters is 1. The van der Waals surface area contributed by atoms with Gasteiger partial charge in [0.15, 0.2) is 17.5 Å². The molecule has 0 bridgehead atoms. The minimum atomic E-state index is -1.58. The highest BCUT2D eigenvalue weighted by atomic mass is 19.2. The van der Waals surface area contributed by atoms with Gasteiger partial charge in [-0.2, -0.15) is 0 Å². The highest BCUT2D eigenvalue weighted by molar-refractivity contribution is 5.89. The number of benzene rings is 1. The van der Waals surface area contributed by atoms with Crippen LogP contribution in [0.5, 0.6) is 0 Å². The molecule has 2 rings (SSSR count). The predicted octanol–water partition coefficient (Wildman–Crippen LogP) is 3.84. The van der Waals surface area contributed by atoms with Crippen molar-refractivity contribution in [3.05, 3.63) is 35.1 Å². The molecule has 0 aliphatic heterocycles. The molecule has 0 heterocycles. The second kappa shape index (κ2) is 5.63. The molecular formula is C14H15F3O2. The first-order chi connectivity index (χ1) is 8.97. The zero-order chi connectivity index (χ0) is 14.0. The minimum Gasteiger partial charge on any atom is -0.459 e. The number of hydrogen-bond acceptors (Lipinski definition) is 2. The summed E-state index contributed by atoms with van der Waals surface area (Å²) in [6.07, 6.45) is 3.33. The van der Waals surface area contributed by atoms with Crippen LogP contribution in [0.25, 0.3) is 0 Å². The van der Waals surface area contributed by atoms with Gasteiger partial charge in [0, 0.05) is 0 Å². The maximum atomic E-state index is 13.0. The minimum absolute atomic E-state index is 0.229. The summed E-state index contributed by atoms with van der Waals surface area (Å²) in [7, 11) is 0. The van der Waals surface area contributed by atoms with Gasteiger partial charge in [-0.25, -0.2) is 18.0 Å². The maximum Gasteiger partial charge on any atom is 0.338 e. The molecule has 19 heavy (non-hydrogen) atoms. The Bertz CT molecular complexity index is 465. The molecule has 5 heteroatoms. The van der Waals surface area contributed by atoms with Crippen LogP contribution in [0.2, 0.25) is 0 Å². The van der Waals surface area contributed by atoms with Crippen LogP contribution in [0.3, 0.4) is 0 Å². The second-order valence-corrected chi connectivity index (χ2v) is 5.05. The molecule has 2 unspecified atom stereocenters.